The van der Waals surface area contributed by atoms with E-state index in [1.54, 1.807) is 42.5 Å². The van der Waals surface area contributed by atoms with Crippen LogP contribution in [-0.4, -0.2) is 40.5 Å². The molecule has 9 nitrogen and oxygen atoms in total. The molecule has 38 heavy (non-hydrogen) atoms. The highest BCUT2D eigenvalue weighted by Crippen LogP contribution is 2.44. The van der Waals surface area contributed by atoms with Crippen molar-refractivity contribution in [1.29, 1.82) is 0 Å². The lowest BCUT2D eigenvalue weighted by atomic mass is 9.94. The number of rotatable bonds is 7. The van der Waals surface area contributed by atoms with Crippen LogP contribution in [0.15, 0.2) is 88.5 Å². The molecule has 1 amide bonds. The molecular weight excluding hydrogens is 486 g/mol. The summed E-state index contributed by atoms with van der Waals surface area (Å²) in [6, 6.07) is 20.2. The van der Waals surface area contributed by atoms with Gasteiger partial charge in [0.15, 0.2) is 23.0 Å². The molecule has 1 atom stereocenters. The minimum Gasteiger partial charge on any atom is -0.503 e. The van der Waals surface area contributed by atoms with E-state index in [2.05, 4.69) is 9.97 Å². The van der Waals surface area contributed by atoms with Crippen molar-refractivity contribution in [3.63, 3.8) is 0 Å². The van der Waals surface area contributed by atoms with E-state index >= 15 is 0 Å². The molecule has 0 saturated carbocycles. The van der Waals surface area contributed by atoms with Crippen LogP contribution in [0, 0.1) is 0 Å². The molecule has 2 aromatic heterocycles. The third kappa shape index (κ3) is 3.67. The van der Waals surface area contributed by atoms with Gasteiger partial charge in [0.1, 0.15) is 5.58 Å². The number of methoxy groups -OCH3 is 1. The van der Waals surface area contributed by atoms with Crippen molar-refractivity contribution < 1.29 is 28.6 Å². The summed E-state index contributed by atoms with van der Waals surface area (Å²) >= 11 is 0. The van der Waals surface area contributed by atoms with Crippen molar-refractivity contribution >= 4 is 39.6 Å². The number of nitrogens with one attached hydrogen (secondary N) is 1. The van der Waals surface area contributed by atoms with E-state index in [-0.39, 0.29) is 17.3 Å². The first kappa shape index (κ1) is 23.4. The zero-order valence-electron chi connectivity index (χ0n) is 20.6. The number of benzene rings is 3. The molecule has 3 heterocycles. The Kier molecular flexibility index (Phi) is 5.60. The highest BCUT2D eigenvalue weighted by molar-refractivity contribution is 6.20. The van der Waals surface area contributed by atoms with Crippen LogP contribution < -0.4 is 14.4 Å². The second-order valence-electron chi connectivity index (χ2n) is 8.74. The van der Waals surface area contributed by atoms with Crippen LogP contribution in [0.4, 0.5) is 5.95 Å². The summed E-state index contributed by atoms with van der Waals surface area (Å²) in [7, 11) is 1.53. The molecular formula is C29H23N3O6. The molecule has 1 unspecified atom stereocenters. The molecule has 0 bridgehead atoms. The minimum absolute atomic E-state index is 0.00977. The number of fused-ring (bicyclic) bond motifs is 2. The van der Waals surface area contributed by atoms with Crippen LogP contribution >= 0.6 is 0 Å². The molecule has 0 spiro atoms. The third-order valence-corrected chi connectivity index (χ3v) is 6.51. The number of anilines is 1. The Balaban J connectivity index is 1.53. The molecule has 0 aliphatic carbocycles. The normalized spacial score (nSPS) is 15.6. The number of aliphatic hydroxyl groups excluding tert-OH is 1. The van der Waals surface area contributed by atoms with Gasteiger partial charge in [-0.2, -0.15) is 0 Å². The first-order chi connectivity index (χ1) is 18.5. The molecule has 1 aliphatic heterocycles. The number of aromatic amines is 1. The SMILES string of the molecule is CCOc1cc(C2C(C(=O)c3cc4ccccc4o3)=C(O)C(=O)N2c2nc3ccccc3[nH]2)ccc1OC. The molecule has 6 rings (SSSR count). The van der Waals surface area contributed by atoms with E-state index in [0.717, 1.165) is 5.39 Å². The molecule has 0 saturated heterocycles. The van der Waals surface area contributed by atoms with Crippen molar-refractivity contribution in [3.05, 3.63) is 95.5 Å². The number of ketones is 1. The number of nitrogens with zero attached hydrogens (tertiary/aromatic N) is 2. The number of aliphatic hydroxyl groups is 1. The topological polar surface area (TPSA) is 118 Å². The van der Waals surface area contributed by atoms with Crippen LogP contribution in [0.2, 0.25) is 0 Å². The number of aromatic nitrogens is 2. The predicted octanol–water partition coefficient (Wildman–Crippen LogP) is 5.50. The van der Waals surface area contributed by atoms with Crippen LogP contribution in [0.3, 0.4) is 0 Å². The van der Waals surface area contributed by atoms with Crippen molar-refractivity contribution in [1.82, 2.24) is 9.97 Å². The number of carbonyl (C=O) groups is 2. The molecule has 2 N–H and O–H groups in total. The van der Waals surface area contributed by atoms with Crippen molar-refractivity contribution in [2.45, 2.75) is 13.0 Å². The Bertz CT molecular complexity index is 1680. The van der Waals surface area contributed by atoms with Crippen LogP contribution in [0.1, 0.15) is 29.1 Å². The average Bonchev–Trinajstić information content (AvgIpc) is 3.62. The lowest BCUT2D eigenvalue weighted by Crippen LogP contribution is -2.32. The predicted molar refractivity (Wildman–Crippen MR) is 141 cm³/mol. The number of H-pyrrole nitrogens is 1. The number of para-hydroxylation sites is 3. The number of hydrogen-bond acceptors (Lipinski definition) is 7. The monoisotopic (exact) mass is 509 g/mol. The lowest BCUT2D eigenvalue weighted by molar-refractivity contribution is -0.117. The smallest absolute Gasteiger partial charge is 0.296 e. The summed E-state index contributed by atoms with van der Waals surface area (Å²) in [6.45, 7) is 2.22. The van der Waals surface area contributed by atoms with Gasteiger partial charge in [0.05, 0.1) is 36.4 Å². The van der Waals surface area contributed by atoms with E-state index in [0.29, 0.717) is 40.3 Å². The van der Waals surface area contributed by atoms with Gasteiger partial charge in [0.2, 0.25) is 11.7 Å². The molecule has 0 radical (unpaired) electrons. The second kappa shape index (κ2) is 9.11. The van der Waals surface area contributed by atoms with Gasteiger partial charge in [0, 0.05) is 5.39 Å². The van der Waals surface area contributed by atoms with Crippen LogP contribution in [0.5, 0.6) is 11.5 Å². The highest BCUT2D eigenvalue weighted by Gasteiger charge is 2.47. The lowest BCUT2D eigenvalue weighted by Gasteiger charge is -2.25. The van der Waals surface area contributed by atoms with E-state index in [1.165, 1.54) is 12.0 Å². The molecule has 190 valence electrons. The van der Waals surface area contributed by atoms with E-state index in [4.69, 9.17) is 13.9 Å². The molecule has 0 fully saturated rings. The number of amides is 1. The molecule has 1 aliphatic rings. The van der Waals surface area contributed by atoms with E-state index in [1.807, 2.05) is 37.3 Å². The molecule has 9 heteroatoms. The Morgan fingerprint density at radius 3 is 2.63 bits per heavy atom. The molecule has 5 aromatic rings. The van der Waals surface area contributed by atoms with E-state index in [9.17, 15) is 14.7 Å². The standard InChI is InChI=1S/C29H23N3O6/c1-3-37-22-15-17(12-13-21(22)36-2)25-24(26(33)23-14-16-8-4-7-11-20(16)38-23)27(34)28(35)32(25)29-30-18-9-5-6-10-19(18)31-29/h4-15,25,34H,3H2,1-2H3,(H,30,31). The van der Waals surface area contributed by atoms with Gasteiger partial charge in [-0.15, -0.1) is 0 Å². The van der Waals surface area contributed by atoms with Gasteiger partial charge in [-0.05, 0) is 48.9 Å². The minimum atomic E-state index is -1.02. The molecule has 3 aromatic carbocycles. The average molecular weight is 510 g/mol. The maximum atomic E-state index is 13.9. The Morgan fingerprint density at radius 1 is 1.08 bits per heavy atom. The number of furan rings is 1. The van der Waals surface area contributed by atoms with Crippen molar-refractivity contribution in [2.24, 2.45) is 0 Å². The van der Waals surface area contributed by atoms with Gasteiger partial charge in [0.25, 0.3) is 5.91 Å². The maximum Gasteiger partial charge on any atom is 0.296 e. The Morgan fingerprint density at radius 2 is 1.87 bits per heavy atom. The number of Topliss-reactive ketones (excluding diaryl/α,β-unsaturated/α-hetero) is 1. The summed E-state index contributed by atoms with van der Waals surface area (Å²) in [6.07, 6.45) is 0. The summed E-state index contributed by atoms with van der Waals surface area (Å²) in [5.74, 6) is -0.911. The Labute approximate surface area is 216 Å². The first-order valence-electron chi connectivity index (χ1n) is 12.1. The summed E-state index contributed by atoms with van der Waals surface area (Å²) in [5, 5.41) is 11.8. The fraction of sp³-hybridized carbons (Fsp3) is 0.138. The van der Waals surface area contributed by atoms with Gasteiger partial charge in [-0.3, -0.25) is 14.5 Å². The van der Waals surface area contributed by atoms with Gasteiger partial charge in [-0.25, -0.2) is 4.98 Å². The summed E-state index contributed by atoms with van der Waals surface area (Å²) in [4.78, 5) is 36.4. The highest BCUT2D eigenvalue weighted by atomic mass is 16.5. The quantitative estimate of drug-likeness (QED) is 0.278. The number of hydrogen-bond donors (Lipinski definition) is 2. The fourth-order valence-electron chi connectivity index (χ4n) is 4.78. The first-order valence-corrected chi connectivity index (χ1v) is 12.1. The van der Waals surface area contributed by atoms with Gasteiger partial charge < -0.3 is 24.0 Å². The van der Waals surface area contributed by atoms with Crippen molar-refractivity contribution in [3.8, 4) is 11.5 Å². The number of ether oxygens (including phenoxy) is 2. The summed E-state index contributed by atoms with van der Waals surface area (Å²) in [5.41, 5.74) is 2.26. The van der Waals surface area contributed by atoms with Gasteiger partial charge in [-0.1, -0.05) is 36.4 Å². The zero-order chi connectivity index (χ0) is 26.4. The van der Waals surface area contributed by atoms with E-state index < -0.39 is 23.5 Å². The largest absolute Gasteiger partial charge is 0.503 e. The third-order valence-electron chi connectivity index (χ3n) is 6.51. The maximum absolute atomic E-state index is 13.9. The van der Waals surface area contributed by atoms with Crippen molar-refractivity contribution in [2.75, 3.05) is 18.6 Å². The fourth-order valence-corrected chi connectivity index (χ4v) is 4.78. The number of imidazole rings is 1. The zero-order valence-corrected chi connectivity index (χ0v) is 20.6. The Hall–Kier alpha value is -5.05. The summed E-state index contributed by atoms with van der Waals surface area (Å²) < 4.78 is 17.0. The second-order valence-corrected chi connectivity index (χ2v) is 8.74. The van der Waals surface area contributed by atoms with Crippen LogP contribution in [0.25, 0.3) is 22.0 Å². The van der Waals surface area contributed by atoms with Crippen LogP contribution in [-0.2, 0) is 4.79 Å². The number of carbonyl (C=O) groups excluding carboxylic acids is 2. The van der Waals surface area contributed by atoms with Gasteiger partial charge >= 0.3 is 0 Å².